The van der Waals surface area contributed by atoms with Crippen molar-refractivity contribution in [1.82, 2.24) is 10.2 Å². The molecular formula is C12H26N2O. The molecule has 3 nitrogen and oxygen atoms in total. The molecule has 0 aromatic carbocycles. The van der Waals surface area contributed by atoms with Crippen molar-refractivity contribution in [1.29, 1.82) is 0 Å². The molecule has 0 aliphatic carbocycles. The zero-order valence-corrected chi connectivity index (χ0v) is 10.5. The van der Waals surface area contributed by atoms with Gasteiger partial charge in [-0.05, 0) is 26.3 Å². The number of aliphatic hydroxyl groups is 1. The van der Waals surface area contributed by atoms with E-state index in [0.717, 1.165) is 25.9 Å². The number of aliphatic hydroxyl groups excluding tert-OH is 1. The van der Waals surface area contributed by atoms with Crippen LogP contribution in [0.3, 0.4) is 0 Å². The van der Waals surface area contributed by atoms with Crippen molar-refractivity contribution in [2.45, 2.75) is 52.9 Å². The highest BCUT2D eigenvalue weighted by Crippen LogP contribution is 2.09. The van der Waals surface area contributed by atoms with E-state index in [0.29, 0.717) is 6.04 Å². The molecule has 0 rings (SSSR count). The van der Waals surface area contributed by atoms with Gasteiger partial charge in [0.2, 0.25) is 0 Å². The van der Waals surface area contributed by atoms with Gasteiger partial charge in [0.15, 0.2) is 6.35 Å². The number of allylic oxidation sites excluding steroid dienone is 1. The molecule has 0 spiro atoms. The first kappa shape index (κ1) is 14.6. The summed E-state index contributed by atoms with van der Waals surface area (Å²) in [5, 5.41) is 13.0. The molecule has 0 saturated carbocycles. The van der Waals surface area contributed by atoms with E-state index < -0.39 is 6.35 Å². The van der Waals surface area contributed by atoms with Crippen LogP contribution >= 0.6 is 0 Å². The summed E-state index contributed by atoms with van der Waals surface area (Å²) < 4.78 is 0. The maximum atomic E-state index is 9.95. The summed E-state index contributed by atoms with van der Waals surface area (Å²) >= 11 is 0. The normalized spacial score (nSPS) is 16.1. The smallest absolute Gasteiger partial charge is 0.163 e. The Bertz CT molecular complexity index is 171. The lowest BCUT2D eigenvalue weighted by molar-refractivity contribution is -0.0374. The van der Waals surface area contributed by atoms with Gasteiger partial charge >= 0.3 is 0 Å². The van der Waals surface area contributed by atoms with Gasteiger partial charge in [0.25, 0.3) is 0 Å². The van der Waals surface area contributed by atoms with Gasteiger partial charge < -0.3 is 5.11 Å². The SMILES string of the molecule is C/C=C\C(CC)N(CCC)[C@@H](O)NCC. The van der Waals surface area contributed by atoms with Crippen molar-refractivity contribution < 1.29 is 5.11 Å². The summed E-state index contributed by atoms with van der Waals surface area (Å²) in [6.45, 7) is 10.0. The lowest BCUT2D eigenvalue weighted by atomic mass is 10.1. The summed E-state index contributed by atoms with van der Waals surface area (Å²) in [5.74, 6) is 0. The Kier molecular flexibility index (Phi) is 8.67. The monoisotopic (exact) mass is 214 g/mol. The van der Waals surface area contributed by atoms with Gasteiger partial charge in [-0.2, -0.15) is 0 Å². The van der Waals surface area contributed by atoms with E-state index in [9.17, 15) is 5.11 Å². The molecule has 0 aromatic heterocycles. The Morgan fingerprint density at radius 2 is 2.00 bits per heavy atom. The molecule has 90 valence electrons. The molecule has 0 aromatic rings. The Morgan fingerprint density at radius 3 is 2.40 bits per heavy atom. The number of nitrogens with zero attached hydrogens (tertiary/aromatic N) is 1. The van der Waals surface area contributed by atoms with Crippen molar-refractivity contribution >= 4 is 0 Å². The van der Waals surface area contributed by atoms with Gasteiger partial charge in [-0.1, -0.05) is 32.9 Å². The first-order valence-electron chi connectivity index (χ1n) is 6.01. The highest BCUT2D eigenvalue weighted by molar-refractivity contribution is 4.92. The van der Waals surface area contributed by atoms with Crippen LogP contribution in [0.1, 0.15) is 40.5 Å². The minimum absolute atomic E-state index is 0.323. The average Bonchev–Trinajstić information content (AvgIpc) is 2.23. The van der Waals surface area contributed by atoms with E-state index >= 15 is 0 Å². The lowest BCUT2D eigenvalue weighted by Crippen LogP contribution is -2.50. The fraction of sp³-hybridized carbons (Fsp3) is 0.833. The zero-order valence-electron chi connectivity index (χ0n) is 10.5. The molecule has 2 atom stereocenters. The average molecular weight is 214 g/mol. The van der Waals surface area contributed by atoms with Gasteiger partial charge in [-0.3, -0.25) is 10.2 Å². The quantitative estimate of drug-likeness (QED) is 0.479. The fourth-order valence-corrected chi connectivity index (χ4v) is 1.73. The maximum Gasteiger partial charge on any atom is 0.163 e. The molecule has 0 bridgehead atoms. The van der Waals surface area contributed by atoms with E-state index in [1.54, 1.807) is 0 Å². The summed E-state index contributed by atoms with van der Waals surface area (Å²) in [6, 6.07) is 0.323. The van der Waals surface area contributed by atoms with Crippen molar-refractivity contribution in [3.63, 3.8) is 0 Å². The van der Waals surface area contributed by atoms with E-state index in [2.05, 4.69) is 36.2 Å². The highest BCUT2D eigenvalue weighted by Gasteiger charge is 2.19. The second-order valence-corrected chi connectivity index (χ2v) is 3.67. The number of hydrogen-bond acceptors (Lipinski definition) is 3. The third-order valence-electron chi connectivity index (χ3n) is 2.44. The topological polar surface area (TPSA) is 35.5 Å². The first-order chi connectivity index (χ1) is 7.21. The van der Waals surface area contributed by atoms with E-state index in [1.165, 1.54) is 0 Å². The summed E-state index contributed by atoms with van der Waals surface area (Å²) in [6.07, 6.45) is 5.74. The van der Waals surface area contributed by atoms with Gasteiger partial charge in [-0.25, -0.2) is 0 Å². The first-order valence-corrected chi connectivity index (χ1v) is 6.01. The second-order valence-electron chi connectivity index (χ2n) is 3.67. The van der Waals surface area contributed by atoms with Crippen LogP contribution in [0, 0.1) is 0 Å². The molecule has 0 aliphatic rings. The van der Waals surface area contributed by atoms with Crippen LogP contribution in [-0.4, -0.2) is 35.5 Å². The predicted octanol–water partition coefficient (Wildman–Crippen LogP) is 1.94. The molecule has 0 radical (unpaired) electrons. The Balaban J connectivity index is 4.44. The zero-order chi connectivity index (χ0) is 11.7. The molecule has 0 saturated heterocycles. The minimum atomic E-state index is -0.531. The maximum absolute atomic E-state index is 9.95. The van der Waals surface area contributed by atoms with E-state index in [1.807, 2.05) is 13.8 Å². The van der Waals surface area contributed by atoms with Crippen LogP contribution in [0.2, 0.25) is 0 Å². The van der Waals surface area contributed by atoms with E-state index in [4.69, 9.17) is 0 Å². The van der Waals surface area contributed by atoms with Crippen molar-refractivity contribution in [2.75, 3.05) is 13.1 Å². The third-order valence-corrected chi connectivity index (χ3v) is 2.44. The van der Waals surface area contributed by atoms with Crippen molar-refractivity contribution in [2.24, 2.45) is 0 Å². The number of hydrogen-bond donors (Lipinski definition) is 2. The van der Waals surface area contributed by atoms with Crippen molar-refractivity contribution in [3.8, 4) is 0 Å². The second kappa shape index (κ2) is 8.89. The van der Waals surface area contributed by atoms with Gasteiger partial charge in [-0.15, -0.1) is 0 Å². The summed E-state index contributed by atoms with van der Waals surface area (Å²) in [4.78, 5) is 2.10. The van der Waals surface area contributed by atoms with Gasteiger partial charge in [0.1, 0.15) is 0 Å². The van der Waals surface area contributed by atoms with Gasteiger partial charge in [0.05, 0.1) is 0 Å². The third kappa shape index (κ3) is 5.30. The molecule has 0 amide bonds. The van der Waals surface area contributed by atoms with Crippen LogP contribution in [0.15, 0.2) is 12.2 Å². The summed E-state index contributed by atoms with van der Waals surface area (Å²) in [7, 11) is 0. The van der Waals surface area contributed by atoms with Crippen LogP contribution < -0.4 is 5.32 Å². The molecule has 0 aliphatic heterocycles. The Labute approximate surface area is 94.2 Å². The molecule has 3 heteroatoms. The van der Waals surface area contributed by atoms with Crippen LogP contribution in [0.5, 0.6) is 0 Å². The Hall–Kier alpha value is -0.380. The van der Waals surface area contributed by atoms with E-state index in [-0.39, 0.29) is 0 Å². The van der Waals surface area contributed by atoms with Crippen LogP contribution in [0.25, 0.3) is 0 Å². The fourth-order valence-electron chi connectivity index (χ4n) is 1.73. The minimum Gasteiger partial charge on any atom is -0.365 e. The highest BCUT2D eigenvalue weighted by atomic mass is 16.3. The Morgan fingerprint density at radius 1 is 1.33 bits per heavy atom. The molecule has 0 fully saturated rings. The standard InChI is InChI=1S/C12H26N2O/c1-5-9-11(7-3)14(10-6-2)12(15)13-8-4/h5,9,11-13,15H,6-8,10H2,1-4H3/b9-5-/t11?,12-/m0/s1. The lowest BCUT2D eigenvalue weighted by Gasteiger charge is -2.33. The van der Waals surface area contributed by atoms with Crippen LogP contribution in [0.4, 0.5) is 0 Å². The number of rotatable bonds is 8. The molecular weight excluding hydrogens is 188 g/mol. The summed E-state index contributed by atoms with van der Waals surface area (Å²) in [5.41, 5.74) is 0. The van der Waals surface area contributed by atoms with Crippen molar-refractivity contribution in [3.05, 3.63) is 12.2 Å². The molecule has 2 N–H and O–H groups in total. The van der Waals surface area contributed by atoms with Crippen LogP contribution in [-0.2, 0) is 0 Å². The molecule has 1 unspecified atom stereocenters. The largest absolute Gasteiger partial charge is 0.365 e. The van der Waals surface area contributed by atoms with Gasteiger partial charge in [0, 0.05) is 12.6 Å². The number of nitrogens with one attached hydrogen (secondary N) is 1. The molecule has 15 heavy (non-hydrogen) atoms. The predicted molar refractivity (Wildman–Crippen MR) is 65.6 cm³/mol. The molecule has 0 heterocycles.